The smallest absolute Gasteiger partial charge is 0.00990 e. The molecule has 186 valence electrons. The van der Waals surface area contributed by atoms with Gasteiger partial charge in [0.25, 0.3) is 0 Å². The maximum Gasteiger partial charge on any atom is -0.00990 e. The van der Waals surface area contributed by atoms with Crippen LogP contribution in [0.2, 0.25) is 0 Å². The Morgan fingerprint density at radius 1 is 0.225 bits per heavy atom. The van der Waals surface area contributed by atoms with Crippen LogP contribution in [0, 0.1) is 0 Å². The lowest BCUT2D eigenvalue weighted by molar-refractivity contribution is 1.65. The Labute approximate surface area is 233 Å². The molecule has 0 radical (unpaired) electrons. The molecule has 0 saturated carbocycles. The van der Waals surface area contributed by atoms with Crippen LogP contribution < -0.4 is 0 Å². The summed E-state index contributed by atoms with van der Waals surface area (Å²) in [6.07, 6.45) is 0. The summed E-state index contributed by atoms with van der Waals surface area (Å²) >= 11 is 0. The molecule has 0 spiro atoms. The molecule has 0 aromatic heterocycles. The third-order valence-electron chi connectivity index (χ3n) is 8.26. The zero-order chi connectivity index (χ0) is 26.5. The summed E-state index contributed by atoms with van der Waals surface area (Å²) in [5.74, 6) is 0. The average Bonchev–Trinajstić information content (AvgIpc) is 3.03. The van der Waals surface area contributed by atoms with E-state index < -0.39 is 0 Å². The van der Waals surface area contributed by atoms with E-state index in [-0.39, 0.29) is 0 Å². The van der Waals surface area contributed by atoms with Crippen LogP contribution in [0.1, 0.15) is 0 Å². The SMILES string of the molecule is c1ccc2cc(-c3cccc4c(-c5cccc6c(-c7ccc8ccccc8c7)cccc56)cccc34)ccc2c1. The highest BCUT2D eigenvalue weighted by molar-refractivity contribution is 6.12. The fraction of sp³-hybridized carbons (Fsp3) is 0. The van der Waals surface area contributed by atoms with Gasteiger partial charge in [-0.3, -0.25) is 0 Å². The van der Waals surface area contributed by atoms with E-state index in [2.05, 4.69) is 158 Å². The first-order valence-electron chi connectivity index (χ1n) is 13.9. The van der Waals surface area contributed by atoms with Gasteiger partial charge in [0.15, 0.2) is 0 Å². The number of hydrogen-bond acceptors (Lipinski definition) is 0. The van der Waals surface area contributed by atoms with Crippen molar-refractivity contribution in [1.82, 2.24) is 0 Å². The Kier molecular flexibility index (Phi) is 5.24. The van der Waals surface area contributed by atoms with Crippen molar-refractivity contribution in [2.75, 3.05) is 0 Å². The van der Waals surface area contributed by atoms with Crippen molar-refractivity contribution in [3.05, 3.63) is 158 Å². The molecule has 0 N–H and O–H groups in total. The molecule has 8 rings (SSSR count). The number of hydrogen-bond donors (Lipinski definition) is 0. The molecule has 0 aliphatic rings. The first-order chi connectivity index (χ1) is 19.8. The van der Waals surface area contributed by atoms with Crippen molar-refractivity contribution in [2.45, 2.75) is 0 Å². The number of benzene rings is 8. The minimum absolute atomic E-state index is 1.25. The molecule has 8 aromatic rings. The van der Waals surface area contributed by atoms with E-state index in [4.69, 9.17) is 0 Å². The van der Waals surface area contributed by atoms with E-state index in [9.17, 15) is 0 Å². The molecule has 0 amide bonds. The molecule has 0 atom stereocenters. The van der Waals surface area contributed by atoms with Crippen LogP contribution in [0.5, 0.6) is 0 Å². The minimum Gasteiger partial charge on any atom is -0.0616 e. The highest BCUT2D eigenvalue weighted by Crippen LogP contribution is 2.40. The lowest BCUT2D eigenvalue weighted by atomic mass is 9.89. The first kappa shape index (κ1) is 22.8. The predicted octanol–water partition coefficient (Wildman–Crippen LogP) is 11.3. The lowest BCUT2D eigenvalue weighted by Crippen LogP contribution is -1.88. The summed E-state index contributed by atoms with van der Waals surface area (Å²) in [6, 6.07) is 57.6. The fourth-order valence-corrected chi connectivity index (χ4v) is 6.31. The first-order valence-corrected chi connectivity index (χ1v) is 13.9. The molecule has 0 fully saturated rings. The second kappa shape index (κ2) is 9.22. The molecule has 0 heteroatoms. The normalized spacial score (nSPS) is 11.5. The zero-order valence-electron chi connectivity index (χ0n) is 22.0. The highest BCUT2D eigenvalue weighted by atomic mass is 14.2. The summed E-state index contributed by atoms with van der Waals surface area (Å²) in [5.41, 5.74) is 7.56. The van der Waals surface area contributed by atoms with Crippen LogP contribution in [0.15, 0.2) is 158 Å². The zero-order valence-corrected chi connectivity index (χ0v) is 22.0. The van der Waals surface area contributed by atoms with Gasteiger partial charge in [0.2, 0.25) is 0 Å². The summed E-state index contributed by atoms with van der Waals surface area (Å²) in [6.45, 7) is 0. The Morgan fingerprint density at radius 3 is 1.00 bits per heavy atom. The Morgan fingerprint density at radius 2 is 0.575 bits per heavy atom. The van der Waals surface area contributed by atoms with Crippen LogP contribution in [-0.4, -0.2) is 0 Å². The van der Waals surface area contributed by atoms with E-state index in [1.54, 1.807) is 0 Å². The van der Waals surface area contributed by atoms with E-state index in [0.717, 1.165) is 0 Å². The monoisotopic (exact) mass is 506 g/mol. The van der Waals surface area contributed by atoms with E-state index in [1.807, 2.05) is 0 Å². The summed E-state index contributed by atoms with van der Waals surface area (Å²) < 4.78 is 0. The van der Waals surface area contributed by atoms with Crippen molar-refractivity contribution in [3.63, 3.8) is 0 Å². The molecular formula is C40H26. The Hall–Kier alpha value is -5.20. The molecule has 0 aliphatic carbocycles. The van der Waals surface area contributed by atoms with Crippen LogP contribution >= 0.6 is 0 Å². The largest absolute Gasteiger partial charge is 0.0616 e. The summed E-state index contributed by atoms with van der Waals surface area (Å²) in [5, 5.41) is 10.2. The van der Waals surface area contributed by atoms with Gasteiger partial charge >= 0.3 is 0 Å². The summed E-state index contributed by atoms with van der Waals surface area (Å²) in [7, 11) is 0. The molecule has 0 aliphatic heterocycles. The van der Waals surface area contributed by atoms with Crippen molar-refractivity contribution < 1.29 is 0 Å². The summed E-state index contributed by atoms with van der Waals surface area (Å²) in [4.78, 5) is 0. The van der Waals surface area contributed by atoms with E-state index >= 15 is 0 Å². The van der Waals surface area contributed by atoms with Gasteiger partial charge in [-0.25, -0.2) is 0 Å². The Balaban J connectivity index is 1.32. The van der Waals surface area contributed by atoms with Crippen molar-refractivity contribution in [3.8, 4) is 33.4 Å². The number of fused-ring (bicyclic) bond motifs is 4. The van der Waals surface area contributed by atoms with Gasteiger partial charge in [-0.15, -0.1) is 0 Å². The van der Waals surface area contributed by atoms with Gasteiger partial charge in [-0.2, -0.15) is 0 Å². The van der Waals surface area contributed by atoms with Gasteiger partial charge in [0, 0.05) is 0 Å². The molecule has 0 nitrogen and oxygen atoms in total. The Bertz CT molecular complexity index is 2060. The molecular weight excluding hydrogens is 480 g/mol. The molecule has 0 heterocycles. The molecule has 40 heavy (non-hydrogen) atoms. The molecule has 0 bridgehead atoms. The van der Waals surface area contributed by atoms with Crippen molar-refractivity contribution >= 4 is 43.1 Å². The third kappa shape index (κ3) is 3.69. The average molecular weight is 507 g/mol. The van der Waals surface area contributed by atoms with Crippen molar-refractivity contribution in [1.29, 1.82) is 0 Å². The molecule has 8 aromatic carbocycles. The van der Waals surface area contributed by atoms with Gasteiger partial charge in [-0.05, 0) is 88.6 Å². The van der Waals surface area contributed by atoms with Gasteiger partial charge < -0.3 is 0 Å². The fourth-order valence-electron chi connectivity index (χ4n) is 6.31. The van der Waals surface area contributed by atoms with E-state index in [0.29, 0.717) is 0 Å². The predicted molar refractivity (Wildman–Crippen MR) is 173 cm³/mol. The van der Waals surface area contributed by atoms with Crippen LogP contribution in [0.4, 0.5) is 0 Å². The van der Waals surface area contributed by atoms with Gasteiger partial charge in [-0.1, -0.05) is 146 Å². The van der Waals surface area contributed by atoms with Crippen LogP contribution in [0.3, 0.4) is 0 Å². The third-order valence-corrected chi connectivity index (χ3v) is 8.26. The standard InChI is InChI=1S/C40H26/c1-3-11-29-25-31(23-21-27(29)9-1)33-13-5-17-37-35(33)15-7-19-39(37)40-20-8-16-36-34(14-6-18-38(36)40)32-24-22-28-10-2-4-12-30(28)26-32/h1-26H. The van der Waals surface area contributed by atoms with Crippen LogP contribution in [0.25, 0.3) is 76.5 Å². The van der Waals surface area contributed by atoms with E-state index in [1.165, 1.54) is 76.5 Å². The van der Waals surface area contributed by atoms with Crippen molar-refractivity contribution in [2.24, 2.45) is 0 Å². The quantitative estimate of drug-likeness (QED) is 0.223. The second-order valence-electron chi connectivity index (χ2n) is 10.5. The van der Waals surface area contributed by atoms with Gasteiger partial charge in [0.05, 0.1) is 0 Å². The number of rotatable bonds is 3. The maximum atomic E-state index is 2.31. The van der Waals surface area contributed by atoms with Gasteiger partial charge in [0.1, 0.15) is 0 Å². The van der Waals surface area contributed by atoms with Crippen LogP contribution in [-0.2, 0) is 0 Å². The molecule has 0 saturated heterocycles. The topological polar surface area (TPSA) is 0 Å². The molecule has 0 unspecified atom stereocenters. The minimum atomic E-state index is 1.25. The highest BCUT2D eigenvalue weighted by Gasteiger charge is 2.13. The lowest BCUT2D eigenvalue weighted by Gasteiger charge is -2.15. The maximum absolute atomic E-state index is 2.31. The second-order valence-corrected chi connectivity index (χ2v) is 10.5.